The SMILES string of the molecule is CCC(Nc1cc(S(N)(=O)=O)ccc1Cl)c1cccs1. The normalized spacial score (nSPS) is 13.2. The van der Waals surface area contributed by atoms with E-state index < -0.39 is 10.0 Å². The highest BCUT2D eigenvalue weighted by Crippen LogP contribution is 2.31. The molecule has 1 heterocycles. The quantitative estimate of drug-likeness (QED) is 0.879. The monoisotopic (exact) mass is 330 g/mol. The third-order valence-electron chi connectivity index (χ3n) is 2.89. The molecule has 1 atom stereocenters. The van der Waals surface area contributed by atoms with E-state index >= 15 is 0 Å². The maximum Gasteiger partial charge on any atom is 0.238 e. The van der Waals surface area contributed by atoms with Gasteiger partial charge in [0.25, 0.3) is 0 Å². The second-order valence-electron chi connectivity index (χ2n) is 4.31. The molecule has 0 bridgehead atoms. The van der Waals surface area contributed by atoms with Gasteiger partial charge in [-0.05, 0) is 36.1 Å². The summed E-state index contributed by atoms with van der Waals surface area (Å²) in [6.45, 7) is 2.05. The summed E-state index contributed by atoms with van der Waals surface area (Å²) < 4.78 is 22.8. The summed E-state index contributed by atoms with van der Waals surface area (Å²) in [6, 6.07) is 8.49. The van der Waals surface area contributed by atoms with E-state index in [0.717, 1.165) is 6.42 Å². The summed E-state index contributed by atoms with van der Waals surface area (Å²) in [5.41, 5.74) is 0.568. The molecule has 3 N–H and O–H groups in total. The van der Waals surface area contributed by atoms with Gasteiger partial charge in [-0.3, -0.25) is 0 Å². The third kappa shape index (κ3) is 3.52. The van der Waals surface area contributed by atoms with Crippen molar-refractivity contribution in [1.82, 2.24) is 0 Å². The van der Waals surface area contributed by atoms with E-state index in [1.165, 1.54) is 23.1 Å². The lowest BCUT2D eigenvalue weighted by Crippen LogP contribution is -2.13. The van der Waals surface area contributed by atoms with Crippen molar-refractivity contribution in [3.05, 3.63) is 45.6 Å². The average molecular weight is 331 g/mol. The number of halogens is 1. The van der Waals surface area contributed by atoms with Gasteiger partial charge in [-0.25, -0.2) is 13.6 Å². The van der Waals surface area contributed by atoms with E-state index in [4.69, 9.17) is 16.7 Å². The van der Waals surface area contributed by atoms with Gasteiger partial charge in [0.05, 0.1) is 21.6 Å². The van der Waals surface area contributed by atoms with Gasteiger partial charge in [-0.1, -0.05) is 24.6 Å². The number of hydrogen-bond donors (Lipinski definition) is 2. The molecule has 20 heavy (non-hydrogen) atoms. The molecular weight excluding hydrogens is 316 g/mol. The van der Waals surface area contributed by atoms with E-state index in [1.807, 2.05) is 17.5 Å². The van der Waals surface area contributed by atoms with Crippen LogP contribution >= 0.6 is 22.9 Å². The number of nitrogens with one attached hydrogen (secondary N) is 1. The Labute approximate surface area is 127 Å². The van der Waals surface area contributed by atoms with Crippen LogP contribution in [0.25, 0.3) is 0 Å². The Morgan fingerprint density at radius 3 is 2.70 bits per heavy atom. The van der Waals surface area contributed by atoms with Crippen LogP contribution in [0.4, 0.5) is 5.69 Å². The van der Waals surface area contributed by atoms with Gasteiger partial charge >= 0.3 is 0 Å². The zero-order chi connectivity index (χ0) is 14.8. The van der Waals surface area contributed by atoms with Crippen LogP contribution in [-0.4, -0.2) is 8.42 Å². The largest absolute Gasteiger partial charge is 0.376 e. The van der Waals surface area contributed by atoms with Crippen LogP contribution < -0.4 is 10.5 Å². The van der Waals surface area contributed by atoms with Crippen molar-refractivity contribution < 1.29 is 8.42 Å². The van der Waals surface area contributed by atoms with E-state index in [2.05, 4.69) is 12.2 Å². The van der Waals surface area contributed by atoms with Crippen LogP contribution in [0, 0.1) is 0 Å². The molecule has 7 heteroatoms. The number of rotatable bonds is 5. The van der Waals surface area contributed by atoms with Crippen molar-refractivity contribution in [1.29, 1.82) is 0 Å². The summed E-state index contributed by atoms with van der Waals surface area (Å²) in [6.07, 6.45) is 0.858. The standard InChI is InChI=1S/C13H15ClN2O2S2/c1-2-11(13-4-3-7-19-13)16-12-8-9(20(15,17)18)5-6-10(12)14/h3-8,11,16H,2H2,1H3,(H2,15,17,18). The fourth-order valence-electron chi connectivity index (χ4n) is 1.84. The molecule has 0 spiro atoms. The van der Waals surface area contributed by atoms with Gasteiger partial charge in [0.1, 0.15) is 0 Å². The molecule has 2 rings (SSSR count). The molecule has 0 aliphatic heterocycles. The topological polar surface area (TPSA) is 72.2 Å². The van der Waals surface area contributed by atoms with E-state index in [9.17, 15) is 8.42 Å². The van der Waals surface area contributed by atoms with Gasteiger partial charge in [0.2, 0.25) is 10.0 Å². The van der Waals surface area contributed by atoms with Crippen molar-refractivity contribution in [3.8, 4) is 0 Å². The number of anilines is 1. The second-order valence-corrected chi connectivity index (χ2v) is 7.26. The Morgan fingerprint density at radius 2 is 2.15 bits per heavy atom. The molecule has 2 aromatic rings. The van der Waals surface area contributed by atoms with E-state index in [1.54, 1.807) is 11.3 Å². The molecule has 0 aliphatic carbocycles. The first-order valence-electron chi connectivity index (χ1n) is 6.04. The minimum absolute atomic E-state index is 0.0467. The highest BCUT2D eigenvalue weighted by atomic mass is 35.5. The molecule has 0 aliphatic rings. The summed E-state index contributed by atoms with van der Waals surface area (Å²) in [4.78, 5) is 1.22. The van der Waals surface area contributed by atoms with Crippen molar-refractivity contribution in [3.63, 3.8) is 0 Å². The Balaban J connectivity index is 2.33. The van der Waals surface area contributed by atoms with Crippen molar-refractivity contribution in [2.24, 2.45) is 5.14 Å². The summed E-state index contributed by atoms with van der Waals surface area (Å²) in [5, 5.41) is 10.9. The first kappa shape index (κ1) is 15.3. The van der Waals surface area contributed by atoms with Crippen LogP contribution in [-0.2, 0) is 10.0 Å². The minimum Gasteiger partial charge on any atom is -0.376 e. The lowest BCUT2D eigenvalue weighted by atomic mass is 10.1. The number of thiophene rings is 1. The van der Waals surface area contributed by atoms with Crippen LogP contribution in [0.5, 0.6) is 0 Å². The van der Waals surface area contributed by atoms with Crippen molar-refractivity contribution in [2.75, 3.05) is 5.32 Å². The smallest absolute Gasteiger partial charge is 0.238 e. The number of sulfonamides is 1. The maximum atomic E-state index is 11.4. The van der Waals surface area contributed by atoms with Crippen LogP contribution in [0.3, 0.4) is 0 Å². The van der Waals surface area contributed by atoms with E-state index in [0.29, 0.717) is 10.7 Å². The highest BCUT2D eigenvalue weighted by molar-refractivity contribution is 7.89. The summed E-state index contributed by atoms with van der Waals surface area (Å²) >= 11 is 7.76. The maximum absolute atomic E-state index is 11.4. The first-order chi connectivity index (χ1) is 9.41. The Hall–Kier alpha value is -1.08. The lowest BCUT2D eigenvalue weighted by molar-refractivity contribution is 0.598. The molecule has 0 fully saturated rings. The molecule has 0 saturated heterocycles. The Morgan fingerprint density at radius 1 is 1.40 bits per heavy atom. The van der Waals surface area contributed by atoms with Gasteiger partial charge in [0, 0.05) is 4.88 Å². The van der Waals surface area contributed by atoms with Gasteiger partial charge < -0.3 is 5.32 Å². The first-order valence-corrected chi connectivity index (χ1v) is 8.84. The number of benzene rings is 1. The molecule has 0 radical (unpaired) electrons. The fraction of sp³-hybridized carbons (Fsp3) is 0.231. The Kier molecular flexibility index (Phi) is 4.70. The third-order valence-corrected chi connectivity index (χ3v) is 5.12. The number of hydrogen-bond acceptors (Lipinski definition) is 4. The highest BCUT2D eigenvalue weighted by Gasteiger charge is 2.15. The zero-order valence-electron chi connectivity index (χ0n) is 10.8. The molecule has 1 aromatic carbocycles. The molecular formula is C13H15ClN2O2S2. The molecule has 108 valence electrons. The van der Waals surface area contributed by atoms with Gasteiger partial charge in [-0.15, -0.1) is 11.3 Å². The molecule has 4 nitrogen and oxygen atoms in total. The zero-order valence-corrected chi connectivity index (χ0v) is 13.2. The summed E-state index contributed by atoms with van der Waals surface area (Å²) in [5.74, 6) is 0. The second kappa shape index (κ2) is 6.13. The minimum atomic E-state index is -3.73. The molecule has 0 amide bonds. The predicted octanol–water partition coefficient (Wildman–Crippen LogP) is 3.61. The number of nitrogens with two attached hydrogens (primary N) is 1. The van der Waals surface area contributed by atoms with Crippen molar-refractivity contribution >= 4 is 38.6 Å². The van der Waals surface area contributed by atoms with Crippen molar-refractivity contribution in [2.45, 2.75) is 24.3 Å². The molecule has 1 aromatic heterocycles. The fourth-order valence-corrected chi connectivity index (χ4v) is 3.42. The lowest BCUT2D eigenvalue weighted by Gasteiger charge is -2.18. The van der Waals surface area contributed by atoms with E-state index in [-0.39, 0.29) is 10.9 Å². The van der Waals surface area contributed by atoms with Crippen LogP contribution in [0.15, 0.2) is 40.6 Å². The summed E-state index contributed by atoms with van der Waals surface area (Å²) in [7, 11) is -3.73. The number of primary sulfonamides is 1. The molecule has 0 saturated carbocycles. The van der Waals surface area contributed by atoms with Crippen LogP contribution in [0.2, 0.25) is 5.02 Å². The van der Waals surface area contributed by atoms with Crippen LogP contribution in [0.1, 0.15) is 24.3 Å². The van der Waals surface area contributed by atoms with Gasteiger partial charge in [-0.2, -0.15) is 0 Å². The predicted molar refractivity (Wildman–Crippen MR) is 83.8 cm³/mol. The van der Waals surface area contributed by atoms with Gasteiger partial charge in [0.15, 0.2) is 0 Å². The Bertz CT molecular complexity index is 684. The average Bonchev–Trinajstić information content (AvgIpc) is 2.90. The molecule has 1 unspecified atom stereocenters.